The van der Waals surface area contributed by atoms with Crippen LogP contribution in [0.4, 0.5) is 13.2 Å². The van der Waals surface area contributed by atoms with E-state index in [1.807, 2.05) is 32.6 Å². The number of likely N-dealkylation sites (N-methyl/N-ethyl adjacent to an activating group) is 1. The molecule has 1 aliphatic rings. The molecule has 1 aromatic carbocycles. The van der Waals surface area contributed by atoms with E-state index >= 15 is 0 Å². The number of rotatable bonds is 7. The largest absolute Gasteiger partial charge is 0.416 e. The fourth-order valence-corrected chi connectivity index (χ4v) is 3.19. The second-order valence-electron chi connectivity index (χ2n) is 8.75. The van der Waals surface area contributed by atoms with Gasteiger partial charge in [-0.05, 0) is 58.2 Å². The summed E-state index contributed by atoms with van der Waals surface area (Å²) in [7, 11) is 1.56. The first-order valence-corrected chi connectivity index (χ1v) is 9.76. The fourth-order valence-electron chi connectivity index (χ4n) is 3.19. The smallest absolute Gasteiger partial charge is 0.350 e. The van der Waals surface area contributed by atoms with Gasteiger partial charge in [0.25, 0.3) is 0 Å². The molecule has 162 valence electrons. The van der Waals surface area contributed by atoms with Gasteiger partial charge in [-0.1, -0.05) is 12.1 Å². The van der Waals surface area contributed by atoms with E-state index in [-0.39, 0.29) is 42.5 Å². The minimum Gasteiger partial charge on any atom is -0.350 e. The Bertz CT molecular complexity index is 739. The van der Waals surface area contributed by atoms with Gasteiger partial charge in [-0.2, -0.15) is 13.2 Å². The summed E-state index contributed by atoms with van der Waals surface area (Å²) in [5.41, 5.74) is -0.563. The van der Waals surface area contributed by atoms with Crippen LogP contribution in [-0.4, -0.2) is 53.3 Å². The van der Waals surface area contributed by atoms with Gasteiger partial charge in [0.1, 0.15) is 0 Å². The Morgan fingerprint density at radius 1 is 1.17 bits per heavy atom. The molecule has 5 nitrogen and oxygen atoms in total. The second kappa shape index (κ2) is 8.73. The third-order valence-corrected chi connectivity index (χ3v) is 4.85. The zero-order valence-electron chi connectivity index (χ0n) is 17.6. The molecule has 1 fully saturated rings. The Kier molecular flexibility index (Phi) is 6.98. The molecular weight excluding hydrogens is 383 g/mol. The zero-order chi connectivity index (χ0) is 22.0. The van der Waals surface area contributed by atoms with Crippen molar-refractivity contribution in [3.05, 3.63) is 35.4 Å². The number of alkyl halides is 3. The molecule has 1 aliphatic carbocycles. The highest BCUT2D eigenvalue weighted by Gasteiger charge is 2.36. The molecule has 0 radical (unpaired) electrons. The number of carbonyl (C=O) groups excluding carboxylic acids is 2. The first kappa shape index (κ1) is 23.2. The molecule has 1 atom stereocenters. The highest BCUT2D eigenvalue weighted by Crippen LogP contribution is 2.36. The molecule has 0 saturated heterocycles. The number of nitrogens with one attached hydrogen (secondary N) is 1. The van der Waals surface area contributed by atoms with E-state index in [2.05, 4.69) is 5.32 Å². The minimum atomic E-state index is -4.41. The monoisotopic (exact) mass is 413 g/mol. The lowest BCUT2D eigenvalue weighted by Crippen LogP contribution is -2.48. The molecule has 0 heterocycles. The molecule has 2 rings (SSSR count). The summed E-state index contributed by atoms with van der Waals surface area (Å²) in [6.45, 7) is 7.39. The Labute approximate surface area is 170 Å². The molecular formula is C21H30F3N3O2. The van der Waals surface area contributed by atoms with E-state index in [9.17, 15) is 22.8 Å². The first-order chi connectivity index (χ1) is 13.3. The van der Waals surface area contributed by atoms with Crippen molar-refractivity contribution >= 4 is 11.8 Å². The number of nitrogens with zero attached hydrogens (tertiary/aromatic N) is 2. The highest BCUT2D eigenvalue weighted by atomic mass is 19.4. The SMILES string of the molecule is C[C@@H](c1cccc(C(F)(F)F)c1)N(CC(=O)N(C)CC(=O)NC(C)(C)C)C1CC1. The van der Waals surface area contributed by atoms with Crippen molar-refractivity contribution in [2.75, 3.05) is 20.1 Å². The molecule has 0 spiro atoms. The lowest BCUT2D eigenvalue weighted by atomic mass is 10.0. The van der Waals surface area contributed by atoms with Crippen molar-refractivity contribution in [2.24, 2.45) is 0 Å². The number of hydrogen-bond acceptors (Lipinski definition) is 3. The van der Waals surface area contributed by atoms with E-state index in [0.717, 1.165) is 25.0 Å². The molecule has 0 bridgehead atoms. The van der Waals surface area contributed by atoms with Crippen LogP contribution in [-0.2, 0) is 15.8 Å². The highest BCUT2D eigenvalue weighted by molar-refractivity contribution is 5.85. The van der Waals surface area contributed by atoms with Gasteiger partial charge in [0.2, 0.25) is 11.8 Å². The third kappa shape index (κ3) is 7.03. The number of carbonyl (C=O) groups is 2. The number of benzene rings is 1. The van der Waals surface area contributed by atoms with Crippen LogP contribution in [0.5, 0.6) is 0 Å². The molecule has 8 heteroatoms. The van der Waals surface area contributed by atoms with E-state index in [0.29, 0.717) is 5.56 Å². The summed E-state index contributed by atoms with van der Waals surface area (Å²) in [6.07, 6.45) is -2.59. The molecule has 0 aromatic heterocycles. The maximum absolute atomic E-state index is 13.0. The summed E-state index contributed by atoms with van der Waals surface area (Å²) >= 11 is 0. The molecule has 29 heavy (non-hydrogen) atoms. The summed E-state index contributed by atoms with van der Waals surface area (Å²) in [5, 5.41) is 2.81. The van der Waals surface area contributed by atoms with Gasteiger partial charge in [0.15, 0.2) is 0 Å². The van der Waals surface area contributed by atoms with E-state index < -0.39 is 11.7 Å². The predicted octanol–water partition coefficient (Wildman–Crippen LogP) is 3.60. The van der Waals surface area contributed by atoms with Crippen LogP contribution in [0.3, 0.4) is 0 Å². The van der Waals surface area contributed by atoms with Gasteiger partial charge in [-0.3, -0.25) is 14.5 Å². The van der Waals surface area contributed by atoms with Crippen LogP contribution in [0.1, 0.15) is 57.7 Å². The minimum absolute atomic E-state index is 0.0569. The Morgan fingerprint density at radius 2 is 1.79 bits per heavy atom. The van der Waals surface area contributed by atoms with E-state index in [1.54, 1.807) is 13.1 Å². The first-order valence-electron chi connectivity index (χ1n) is 9.76. The Hall–Kier alpha value is -2.09. The van der Waals surface area contributed by atoms with Crippen molar-refractivity contribution in [3.8, 4) is 0 Å². The van der Waals surface area contributed by atoms with Crippen LogP contribution < -0.4 is 5.32 Å². The summed E-state index contributed by atoms with van der Waals surface area (Å²) < 4.78 is 39.1. The van der Waals surface area contributed by atoms with Crippen molar-refractivity contribution in [1.82, 2.24) is 15.1 Å². The van der Waals surface area contributed by atoms with Crippen LogP contribution in [0.15, 0.2) is 24.3 Å². The van der Waals surface area contributed by atoms with Gasteiger partial charge in [0.05, 0.1) is 18.7 Å². The molecule has 0 aliphatic heterocycles. The van der Waals surface area contributed by atoms with Crippen LogP contribution >= 0.6 is 0 Å². The summed E-state index contributed by atoms with van der Waals surface area (Å²) in [4.78, 5) is 28.0. The lowest BCUT2D eigenvalue weighted by molar-refractivity contribution is -0.138. The molecule has 0 unspecified atom stereocenters. The van der Waals surface area contributed by atoms with E-state index in [4.69, 9.17) is 0 Å². The normalized spacial score (nSPS) is 15.9. The van der Waals surface area contributed by atoms with Crippen molar-refractivity contribution in [3.63, 3.8) is 0 Å². The quantitative estimate of drug-likeness (QED) is 0.743. The third-order valence-electron chi connectivity index (χ3n) is 4.85. The van der Waals surface area contributed by atoms with Gasteiger partial charge < -0.3 is 10.2 Å². The van der Waals surface area contributed by atoms with E-state index in [1.165, 1.54) is 11.0 Å². The Balaban J connectivity index is 2.06. The zero-order valence-corrected chi connectivity index (χ0v) is 17.6. The standard InChI is InChI=1S/C21H30F3N3O2/c1-14(15-7-6-8-16(11-15)21(22,23)24)27(17-9-10-17)13-19(29)26(5)12-18(28)25-20(2,3)4/h6-8,11,14,17H,9-10,12-13H2,1-5H3,(H,25,28)/t14-/m0/s1. The molecule has 1 aromatic rings. The van der Waals surface area contributed by atoms with Crippen LogP contribution in [0.25, 0.3) is 0 Å². The van der Waals surface area contributed by atoms with Crippen LogP contribution in [0.2, 0.25) is 0 Å². The number of amides is 2. The van der Waals surface area contributed by atoms with Gasteiger partial charge >= 0.3 is 6.18 Å². The molecule has 2 amide bonds. The predicted molar refractivity (Wildman–Crippen MR) is 105 cm³/mol. The van der Waals surface area contributed by atoms with Gasteiger partial charge in [-0.15, -0.1) is 0 Å². The van der Waals surface area contributed by atoms with Gasteiger partial charge in [0, 0.05) is 24.7 Å². The number of halogens is 3. The topological polar surface area (TPSA) is 52.7 Å². The fraction of sp³-hybridized carbons (Fsp3) is 0.619. The lowest BCUT2D eigenvalue weighted by Gasteiger charge is -2.31. The summed E-state index contributed by atoms with van der Waals surface area (Å²) in [5.74, 6) is -0.489. The average molecular weight is 413 g/mol. The van der Waals surface area contributed by atoms with Crippen LogP contribution in [0, 0.1) is 0 Å². The van der Waals surface area contributed by atoms with Crippen molar-refractivity contribution < 1.29 is 22.8 Å². The molecule has 1 N–H and O–H groups in total. The van der Waals surface area contributed by atoms with Crippen molar-refractivity contribution in [2.45, 2.75) is 64.3 Å². The van der Waals surface area contributed by atoms with Crippen molar-refractivity contribution in [1.29, 1.82) is 0 Å². The maximum atomic E-state index is 13.0. The Morgan fingerprint density at radius 3 is 2.31 bits per heavy atom. The molecule has 1 saturated carbocycles. The van der Waals surface area contributed by atoms with Gasteiger partial charge in [-0.25, -0.2) is 0 Å². The summed E-state index contributed by atoms with van der Waals surface area (Å²) in [6, 6.07) is 5.06. The maximum Gasteiger partial charge on any atom is 0.416 e. The second-order valence-corrected chi connectivity index (χ2v) is 8.75. The number of hydrogen-bond donors (Lipinski definition) is 1. The average Bonchev–Trinajstić information content (AvgIpc) is 3.41.